The van der Waals surface area contributed by atoms with Crippen LogP contribution in [0.25, 0.3) is 17.0 Å². The quantitative estimate of drug-likeness (QED) is 0.451. The van der Waals surface area contributed by atoms with Crippen molar-refractivity contribution in [1.29, 1.82) is 0 Å². The van der Waals surface area contributed by atoms with Gasteiger partial charge in [0.1, 0.15) is 11.6 Å². The summed E-state index contributed by atoms with van der Waals surface area (Å²) in [6, 6.07) is 11.7. The third-order valence-electron chi connectivity index (χ3n) is 4.60. The minimum atomic E-state index is -0.772. The molecule has 2 aromatic heterocycles. The van der Waals surface area contributed by atoms with Crippen LogP contribution < -0.4 is 15.8 Å². The lowest BCUT2D eigenvalue weighted by atomic mass is 10.3. The van der Waals surface area contributed by atoms with Gasteiger partial charge in [0.15, 0.2) is 18.7 Å². The number of nitrogen functional groups attached to an aromatic ring is 1. The Balaban J connectivity index is 1.78. The number of benzene rings is 2. The normalized spacial score (nSPS) is 10.8. The molecule has 0 fully saturated rings. The van der Waals surface area contributed by atoms with Gasteiger partial charge in [0, 0.05) is 17.8 Å². The first-order valence-electron chi connectivity index (χ1n) is 9.16. The van der Waals surface area contributed by atoms with Crippen LogP contribution in [0.4, 0.5) is 27.4 Å². The van der Waals surface area contributed by atoms with Crippen LogP contribution in [0.2, 0.25) is 0 Å². The Bertz CT molecular complexity index is 1290. The van der Waals surface area contributed by atoms with Crippen molar-refractivity contribution in [1.82, 2.24) is 19.5 Å². The maximum atomic E-state index is 14.6. The van der Waals surface area contributed by atoms with Crippen molar-refractivity contribution >= 4 is 34.0 Å². The van der Waals surface area contributed by atoms with Gasteiger partial charge in [-0.1, -0.05) is 0 Å². The predicted octanol–water partition coefficient (Wildman–Crippen LogP) is 3.57. The summed E-state index contributed by atoms with van der Waals surface area (Å²) in [5, 5.41) is 2.91. The summed E-state index contributed by atoms with van der Waals surface area (Å²) < 4.78 is 21.4. The maximum absolute atomic E-state index is 14.6. The van der Waals surface area contributed by atoms with E-state index in [1.807, 2.05) is 0 Å². The molecule has 31 heavy (non-hydrogen) atoms. The standard InChI is InChI=1S/C20H19FN7O3/c1-11-23-15-10-13(28(29)31-3)6-9-16(15)27(11)20-25-18(22)17(21)19(26-20)24-12-4-7-14(30-2)8-5-12/h4-10H,1-3H3,(H3,22,24,25,26)/q+1. The van der Waals surface area contributed by atoms with Crippen LogP contribution in [-0.2, 0) is 4.84 Å². The van der Waals surface area contributed by atoms with Crippen molar-refractivity contribution in [2.75, 3.05) is 25.3 Å². The van der Waals surface area contributed by atoms with E-state index < -0.39 is 5.82 Å². The van der Waals surface area contributed by atoms with Gasteiger partial charge in [-0.05, 0) is 37.3 Å². The molecule has 0 aliphatic rings. The highest BCUT2D eigenvalue weighted by atomic mass is 19.1. The van der Waals surface area contributed by atoms with Crippen molar-refractivity contribution in [2.24, 2.45) is 0 Å². The lowest BCUT2D eigenvalue weighted by Crippen LogP contribution is -2.10. The van der Waals surface area contributed by atoms with E-state index in [0.29, 0.717) is 33.2 Å². The van der Waals surface area contributed by atoms with Crippen LogP contribution in [-0.4, -0.2) is 38.7 Å². The molecule has 10 nitrogen and oxygen atoms in total. The molecule has 2 aromatic carbocycles. The molecule has 0 saturated heterocycles. The largest absolute Gasteiger partial charge is 0.497 e. The Kier molecular flexibility index (Phi) is 5.07. The van der Waals surface area contributed by atoms with Crippen LogP contribution in [0, 0.1) is 17.6 Å². The van der Waals surface area contributed by atoms with Gasteiger partial charge in [0.25, 0.3) is 4.92 Å². The number of fused-ring (bicyclic) bond motifs is 1. The number of hydrogen-bond donors (Lipinski definition) is 2. The number of nitrogens with zero attached hydrogens (tertiary/aromatic N) is 5. The molecule has 0 aliphatic heterocycles. The summed E-state index contributed by atoms with van der Waals surface area (Å²) in [7, 11) is 2.83. The molecule has 0 bridgehead atoms. The van der Waals surface area contributed by atoms with Gasteiger partial charge in [-0.3, -0.25) is 4.57 Å². The van der Waals surface area contributed by atoms with E-state index >= 15 is 0 Å². The Morgan fingerprint density at radius 3 is 2.52 bits per heavy atom. The molecule has 0 atom stereocenters. The first-order chi connectivity index (χ1) is 14.9. The molecule has 0 saturated carbocycles. The third kappa shape index (κ3) is 3.68. The number of ether oxygens (including phenoxy) is 1. The fraction of sp³-hybridized carbons (Fsp3) is 0.150. The molecule has 158 valence electrons. The number of methoxy groups -OCH3 is 1. The summed E-state index contributed by atoms with van der Waals surface area (Å²) >= 11 is 0. The molecule has 0 radical (unpaired) electrons. The van der Waals surface area contributed by atoms with E-state index in [0.717, 1.165) is 0 Å². The molecule has 2 heterocycles. The van der Waals surface area contributed by atoms with Gasteiger partial charge in [-0.25, -0.2) is 9.82 Å². The van der Waals surface area contributed by atoms with Crippen molar-refractivity contribution in [2.45, 2.75) is 6.92 Å². The van der Waals surface area contributed by atoms with Gasteiger partial charge in [0.2, 0.25) is 11.8 Å². The molecular formula is C20H19FN7O3+. The number of imidazole rings is 1. The number of anilines is 3. The van der Waals surface area contributed by atoms with Gasteiger partial charge >= 0.3 is 5.69 Å². The zero-order valence-corrected chi connectivity index (χ0v) is 17.0. The van der Waals surface area contributed by atoms with Crippen molar-refractivity contribution in [3.8, 4) is 11.7 Å². The minimum absolute atomic E-state index is 0.0874. The van der Waals surface area contributed by atoms with Gasteiger partial charge in [-0.2, -0.15) is 14.4 Å². The summed E-state index contributed by atoms with van der Waals surface area (Å²) in [6.07, 6.45) is 0. The third-order valence-corrected chi connectivity index (χ3v) is 4.60. The fourth-order valence-corrected chi connectivity index (χ4v) is 3.11. The SMILES string of the molecule is COc1ccc(Nc2nc(-n3c(C)nc4cc([N+](=O)OC)ccc43)nc(N)c2F)cc1. The molecule has 0 amide bonds. The van der Waals surface area contributed by atoms with Crippen LogP contribution in [0.3, 0.4) is 0 Å². The van der Waals surface area contributed by atoms with Crippen LogP contribution >= 0.6 is 0 Å². The topological polar surface area (TPSA) is 120 Å². The van der Waals surface area contributed by atoms with Crippen molar-refractivity contribution in [3.63, 3.8) is 0 Å². The number of aromatic nitrogens is 4. The van der Waals surface area contributed by atoms with Crippen LogP contribution in [0.5, 0.6) is 5.75 Å². The Hall–Kier alpha value is -4.28. The molecule has 4 aromatic rings. The molecule has 11 heteroatoms. The summed E-state index contributed by atoms with van der Waals surface area (Å²) in [5.41, 5.74) is 7.83. The molecule has 4 rings (SSSR count). The average Bonchev–Trinajstić information content (AvgIpc) is 3.11. The summed E-state index contributed by atoms with van der Waals surface area (Å²) in [5.74, 6) is 0.154. The van der Waals surface area contributed by atoms with E-state index in [9.17, 15) is 9.30 Å². The molecule has 0 spiro atoms. The van der Waals surface area contributed by atoms with Crippen molar-refractivity contribution < 1.29 is 18.9 Å². The van der Waals surface area contributed by atoms with E-state index in [4.69, 9.17) is 10.5 Å². The number of aryl methyl sites for hydroxylation is 1. The van der Waals surface area contributed by atoms with Gasteiger partial charge < -0.3 is 15.8 Å². The first kappa shape index (κ1) is 20.0. The van der Waals surface area contributed by atoms with E-state index in [1.54, 1.807) is 61.1 Å². The number of hydrogen-bond acceptors (Lipinski definition) is 8. The lowest BCUT2D eigenvalue weighted by molar-refractivity contribution is -0.736. The number of rotatable bonds is 6. The molecular weight excluding hydrogens is 405 g/mol. The van der Waals surface area contributed by atoms with E-state index in [2.05, 4.69) is 25.1 Å². The van der Waals surface area contributed by atoms with E-state index in [-0.39, 0.29) is 23.3 Å². The van der Waals surface area contributed by atoms with E-state index in [1.165, 1.54) is 7.11 Å². The second kappa shape index (κ2) is 7.86. The lowest BCUT2D eigenvalue weighted by Gasteiger charge is -2.12. The highest BCUT2D eigenvalue weighted by Gasteiger charge is 2.21. The first-order valence-corrected chi connectivity index (χ1v) is 9.16. The summed E-state index contributed by atoms with van der Waals surface area (Å²) in [6.45, 7) is 1.74. The summed E-state index contributed by atoms with van der Waals surface area (Å²) in [4.78, 5) is 29.6. The molecule has 0 aliphatic carbocycles. The number of halogens is 1. The highest BCUT2D eigenvalue weighted by molar-refractivity contribution is 5.80. The van der Waals surface area contributed by atoms with Crippen LogP contribution in [0.1, 0.15) is 5.82 Å². The number of nitrogens with one attached hydrogen (secondary N) is 1. The smallest absolute Gasteiger partial charge is 0.319 e. The zero-order valence-electron chi connectivity index (χ0n) is 17.0. The Labute approximate surface area is 176 Å². The Morgan fingerprint density at radius 1 is 1.10 bits per heavy atom. The Morgan fingerprint density at radius 2 is 1.84 bits per heavy atom. The minimum Gasteiger partial charge on any atom is -0.497 e. The van der Waals surface area contributed by atoms with Crippen molar-refractivity contribution in [3.05, 3.63) is 59.0 Å². The predicted molar refractivity (Wildman–Crippen MR) is 112 cm³/mol. The monoisotopic (exact) mass is 424 g/mol. The molecule has 0 unspecified atom stereocenters. The zero-order chi connectivity index (χ0) is 22.1. The number of nitrogens with two attached hydrogens (primary N) is 1. The molecule has 3 N–H and O–H groups in total. The average molecular weight is 424 g/mol. The highest BCUT2D eigenvalue weighted by Crippen LogP contribution is 2.27. The second-order valence-corrected chi connectivity index (χ2v) is 6.53. The second-order valence-electron chi connectivity index (χ2n) is 6.53. The maximum Gasteiger partial charge on any atom is 0.319 e. The van der Waals surface area contributed by atoms with Crippen LogP contribution in [0.15, 0.2) is 42.5 Å². The van der Waals surface area contributed by atoms with Gasteiger partial charge in [0.05, 0.1) is 23.1 Å². The fourth-order valence-electron chi connectivity index (χ4n) is 3.11. The van der Waals surface area contributed by atoms with Gasteiger partial charge in [-0.15, -0.1) is 0 Å².